The fraction of sp³-hybridized carbons (Fsp3) is 0.455. The third-order valence-electron chi connectivity index (χ3n) is 4.41. The molecule has 0 atom stereocenters. The van der Waals surface area contributed by atoms with Gasteiger partial charge in [-0.25, -0.2) is 0 Å². The van der Waals surface area contributed by atoms with E-state index in [1.165, 1.54) is 38.5 Å². The van der Waals surface area contributed by atoms with Crippen LogP contribution in [0.4, 0.5) is 0 Å². The summed E-state index contributed by atoms with van der Waals surface area (Å²) in [7, 11) is 0. The van der Waals surface area contributed by atoms with Crippen LogP contribution in [-0.4, -0.2) is 0 Å². The summed E-state index contributed by atoms with van der Waals surface area (Å²) >= 11 is 0. The van der Waals surface area contributed by atoms with Gasteiger partial charge in [0, 0.05) is 10.4 Å². The first kappa shape index (κ1) is 21.0. The number of aryl methyl sites for hydroxylation is 1. The van der Waals surface area contributed by atoms with Crippen LogP contribution >= 0.6 is 0 Å². The average Bonchev–Trinajstić information content (AvgIpc) is 2.67. The van der Waals surface area contributed by atoms with E-state index in [0.29, 0.717) is 10.4 Å². The smallest absolute Gasteiger partial charge is 0.137 e. The van der Waals surface area contributed by atoms with Gasteiger partial charge >= 0.3 is 0 Å². The van der Waals surface area contributed by atoms with Gasteiger partial charge in [-0.15, -0.1) is 0 Å². The van der Waals surface area contributed by atoms with Crippen molar-refractivity contribution >= 4 is 11.1 Å². The SMILES string of the molecule is CCCCCCCCCCc1cc(=C(C#N)C#N)ccc1=C(C#N)C#N. The molecule has 1 aromatic rings. The van der Waals surface area contributed by atoms with Crippen molar-refractivity contribution in [3.8, 4) is 24.3 Å². The molecule has 4 heteroatoms. The molecule has 0 saturated carbocycles. The molecule has 0 aliphatic carbocycles. The molecule has 0 aliphatic rings. The highest BCUT2D eigenvalue weighted by Gasteiger charge is 2.04. The van der Waals surface area contributed by atoms with Gasteiger partial charge in [0.15, 0.2) is 0 Å². The lowest BCUT2D eigenvalue weighted by Crippen LogP contribution is -2.18. The van der Waals surface area contributed by atoms with Crippen molar-refractivity contribution in [1.29, 1.82) is 21.0 Å². The molecule has 0 unspecified atom stereocenters. The number of hydrogen-bond acceptors (Lipinski definition) is 4. The lowest BCUT2D eigenvalue weighted by molar-refractivity contribution is 0.575. The molecule has 0 spiro atoms. The summed E-state index contributed by atoms with van der Waals surface area (Å²) in [5.41, 5.74) is 0.973. The van der Waals surface area contributed by atoms with Gasteiger partial charge in [0.05, 0.1) is 0 Å². The molecular formula is C22H24N4. The van der Waals surface area contributed by atoms with E-state index in [-0.39, 0.29) is 11.1 Å². The number of nitrogens with zero attached hydrogens (tertiary/aromatic N) is 4. The normalized spacial score (nSPS) is 9.42. The number of rotatable bonds is 9. The van der Waals surface area contributed by atoms with E-state index in [4.69, 9.17) is 21.0 Å². The van der Waals surface area contributed by atoms with E-state index in [1.807, 2.05) is 24.3 Å². The first-order valence-corrected chi connectivity index (χ1v) is 9.19. The van der Waals surface area contributed by atoms with Gasteiger partial charge in [-0.1, -0.05) is 64.0 Å². The van der Waals surface area contributed by atoms with Crippen LogP contribution in [0.2, 0.25) is 0 Å². The quantitative estimate of drug-likeness (QED) is 0.637. The summed E-state index contributed by atoms with van der Waals surface area (Å²) in [5, 5.41) is 37.6. The number of hydrogen-bond donors (Lipinski definition) is 0. The molecule has 4 nitrogen and oxygen atoms in total. The molecule has 0 aromatic heterocycles. The largest absolute Gasteiger partial charge is 0.192 e. The Morgan fingerprint density at radius 1 is 0.731 bits per heavy atom. The minimum atomic E-state index is 0.0455. The zero-order valence-corrected chi connectivity index (χ0v) is 15.4. The highest BCUT2D eigenvalue weighted by Crippen LogP contribution is 2.10. The standard InChI is InChI=1S/C22H24N4/c1-2-3-4-5-6-7-8-9-10-19-13-18(20(14-23)15-24)11-12-22(19)21(16-25)17-26/h11-13H,2-10H2,1H3. The number of benzene rings is 1. The number of nitriles is 4. The molecule has 1 rings (SSSR count). The van der Waals surface area contributed by atoms with Crippen LogP contribution in [0.25, 0.3) is 11.1 Å². The van der Waals surface area contributed by atoms with Gasteiger partial charge in [-0.05, 0) is 24.5 Å². The Labute approximate surface area is 155 Å². The summed E-state index contributed by atoms with van der Waals surface area (Å²) in [6, 6.07) is 12.7. The van der Waals surface area contributed by atoms with Gasteiger partial charge in [-0.2, -0.15) is 21.0 Å². The van der Waals surface area contributed by atoms with Gasteiger partial charge in [0.1, 0.15) is 35.4 Å². The lowest BCUT2D eigenvalue weighted by atomic mass is 9.99. The zero-order valence-electron chi connectivity index (χ0n) is 15.4. The third-order valence-corrected chi connectivity index (χ3v) is 4.41. The second-order valence-corrected chi connectivity index (χ2v) is 6.29. The molecular weight excluding hydrogens is 320 g/mol. The summed E-state index contributed by atoms with van der Waals surface area (Å²) < 4.78 is 0. The topological polar surface area (TPSA) is 95.2 Å². The van der Waals surface area contributed by atoms with Crippen LogP contribution in [0.5, 0.6) is 0 Å². The summed E-state index contributed by atoms with van der Waals surface area (Å²) in [6.45, 7) is 2.21. The molecule has 0 radical (unpaired) electrons. The molecule has 132 valence electrons. The first-order chi connectivity index (χ1) is 12.7. The summed E-state index contributed by atoms with van der Waals surface area (Å²) in [5.74, 6) is 0. The van der Waals surface area contributed by atoms with Crippen molar-refractivity contribution in [2.24, 2.45) is 0 Å². The van der Waals surface area contributed by atoms with Crippen LogP contribution < -0.4 is 10.4 Å². The molecule has 0 N–H and O–H groups in total. The van der Waals surface area contributed by atoms with Crippen molar-refractivity contribution in [1.82, 2.24) is 0 Å². The third kappa shape index (κ3) is 6.43. The minimum Gasteiger partial charge on any atom is -0.192 e. The molecule has 0 fully saturated rings. The average molecular weight is 344 g/mol. The summed E-state index contributed by atoms with van der Waals surface area (Å²) in [4.78, 5) is 0. The van der Waals surface area contributed by atoms with Gasteiger partial charge in [0.25, 0.3) is 0 Å². The van der Waals surface area contributed by atoms with Gasteiger partial charge in [-0.3, -0.25) is 0 Å². The van der Waals surface area contributed by atoms with E-state index in [1.54, 1.807) is 18.2 Å². The molecule has 26 heavy (non-hydrogen) atoms. The second-order valence-electron chi connectivity index (χ2n) is 6.29. The molecule has 0 bridgehead atoms. The van der Waals surface area contributed by atoms with Gasteiger partial charge in [0.2, 0.25) is 0 Å². The monoisotopic (exact) mass is 344 g/mol. The predicted octanol–water partition coefficient (Wildman–Crippen LogP) is 3.77. The molecule has 0 aliphatic heterocycles. The van der Waals surface area contributed by atoms with Crippen molar-refractivity contribution in [3.05, 3.63) is 34.2 Å². The van der Waals surface area contributed by atoms with Gasteiger partial charge < -0.3 is 0 Å². The maximum absolute atomic E-state index is 9.17. The van der Waals surface area contributed by atoms with Crippen molar-refractivity contribution in [2.75, 3.05) is 0 Å². The first-order valence-electron chi connectivity index (χ1n) is 9.19. The van der Waals surface area contributed by atoms with Crippen LogP contribution in [0.1, 0.15) is 63.9 Å². The molecule has 0 amide bonds. The maximum Gasteiger partial charge on any atom is 0.137 e. The number of unbranched alkanes of at least 4 members (excludes halogenated alkanes) is 7. The highest BCUT2D eigenvalue weighted by molar-refractivity contribution is 5.75. The Hall–Kier alpha value is -3.08. The Morgan fingerprint density at radius 3 is 1.81 bits per heavy atom. The maximum atomic E-state index is 9.17. The zero-order chi connectivity index (χ0) is 19.2. The van der Waals surface area contributed by atoms with Crippen LogP contribution in [0.15, 0.2) is 18.2 Å². The fourth-order valence-electron chi connectivity index (χ4n) is 2.95. The van der Waals surface area contributed by atoms with E-state index in [2.05, 4.69) is 6.92 Å². The molecule has 0 heterocycles. The second kappa shape index (κ2) is 12.3. The Morgan fingerprint density at radius 2 is 1.27 bits per heavy atom. The van der Waals surface area contributed by atoms with Crippen LogP contribution in [0.3, 0.4) is 0 Å². The Balaban J connectivity index is 2.93. The van der Waals surface area contributed by atoms with E-state index < -0.39 is 0 Å². The Bertz CT molecular complexity index is 851. The molecule has 0 saturated heterocycles. The highest BCUT2D eigenvalue weighted by atomic mass is 14.3. The van der Waals surface area contributed by atoms with E-state index in [0.717, 1.165) is 24.8 Å². The van der Waals surface area contributed by atoms with Crippen molar-refractivity contribution in [3.63, 3.8) is 0 Å². The molecule has 1 aromatic carbocycles. The summed E-state index contributed by atoms with van der Waals surface area (Å²) in [6.07, 6.45) is 10.3. The minimum absolute atomic E-state index is 0.0455. The van der Waals surface area contributed by atoms with E-state index >= 15 is 0 Å². The fourth-order valence-corrected chi connectivity index (χ4v) is 2.95. The van der Waals surface area contributed by atoms with Crippen molar-refractivity contribution in [2.45, 2.75) is 64.7 Å². The predicted molar refractivity (Wildman–Crippen MR) is 101 cm³/mol. The lowest BCUT2D eigenvalue weighted by Gasteiger charge is -2.05. The van der Waals surface area contributed by atoms with E-state index in [9.17, 15) is 0 Å². The van der Waals surface area contributed by atoms with Crippen molar-refractivity contribution < 1.29 is 0 Å². The van der Waals surface area contributed by atoms with Crippen LogP contribution in [-0.2, 0) is 6.42 Å². The van der Waals surface area contributed by atoms with Crippen LogP contribution in [0, 0.1) is 45.3 Å². The Kier molecular flexibility index (Phi) is 9.92.